The molecule has 3 aromatic rings. The van der Waals surface area contributed by atoms with Gasteiger partial charge in [-0.2, -0.15) is 0 Å². The Balaban J connectivity index is 1.87. The van der Waals surface area contributed by atoms with Crippen LogP contribution >= 0.6 is 11.6 Å². The van der Waals surface area contributed by atoms with Crippen molar-refractivity contribution in [2.75, 3.05) is 31.2 Å². The summed E-state index contributed by atoms with van der Waals surface area (Å²) in [6, 6.07) is 7.82. The van der Waals surface area contributed by atoms with Crippen LogP contribution in [0.3, 0.4) is 0 Å². The minimum Gasteiger partial charge on any atom is -0.378 e. The maximum absolute atomic E-state index is 5.99. The van der Waals surface area contributed by atoms with Gasteiger partial charge >= 0.3 is 0 Å². The summed E-state index contributed by atoms with van der Waals surface area (Å²) in [6.45, 7) is 3.15. The van der Waals surface area contributed by atoms with Gasteiger partial charge in [0.15, 0.2) is 0 Å². The first-order valence-electron chi connectivity index (χ1n) is 7.23. The van der Waals surface area contributed by atoms with Gasteiger partial charge in [-0.15, -0.1) is 0 Å². The highest BCUT2D eigenvalue weighted by Crippen LogP contribution is 2.34. The number of nitrogens with one attached hydrogen (secondary N) is 1. The smallest absolute Gasteiger partial charge is 0.143 e. The van der Waals surface area contributed by atoms with Gasteiger partial charge in [-0.25, -0.2) is 9.97 Å². The van der Waals surface area contributed by atoms with Crippen LogP contribution in [0.4, 0.5) is 5.82 Å². The van der Waals surface area contributed by atoms with Gasteiger partial charge in [0.1, 0.15) is 17.8 Å². The molecule has 0 bridgehead atoms. The van der Waals surface area contributed by atoms with Crippen molar-refractivity contribution in [3.8, 4) is 11.1 Å². The number of fused-ring (bicyclic) bond motifs is 1. The largest absolute Gasteiger partial charge is 0.378 e. The molecule has 0 aliphatic carbocycles. The van der Waals surface area contributed by atoms with Gasteiger partial charge < -0.3 is 14.6 Å². The highest BCUT2D eigenvalue weighted by atomic mass is 35.5. The first-order valence-corrected chi connectivity index (χ1v) is 7.61. The summed E-state index contributed by atoms with van der Waals surface area (Å²) in [5, 5.41) is 1.78. The molecule has 4 rings (SSSR count). The number of morpholine rings is 1. The van der Waals surface area contributed by atoms with E-state index in [9.17, 15) is 0 Å². The number of benzene rings is 1. The van der Waals surface area contributed by atoms with Crippen molar-refractivity contribution < 1.29 is 4.74 Å². The highest BCUT2D eigenvalue weighted by Gasteiger charge is 2.19. The lowest BCUT2D eigenvalue weighted by molar-refractivity contribution is 0.122. The van der Waals surface area contributed by atoms with E-state index in [1.807, 2.05) is 30.5 Å². The maximum Gasteiger partial charge on any atom is 0.143 e. The normalized spacial score (nSPS) is 15.4. The van der Waals surface area contributed by atoms with Crippen molar-refractivity contribution in [2.24, 2.45) is 0 Å². The lowest BCUT2D eigenvalue weighted by atomic mass is 10.1. The van der Waals surface area contributed by atoms with Crippen LogP contribution in [0.1, 0.15) is 0 Å². The number of hydrogen-bond donors (Lipinski definition) is 1. The lowest BCUT2D eigenvalue weighted by Crippen LogP contribution is -2.36. The average molecular weight is 315 g/mol. The van der Waals surface area contributed by atoms with Gasteiger partial charge in [-0.05, 0) is 17.7 Å². The molecule has 1 aliphatic heterocycles. The van der Waals surface area contributed by atoms with Crippen LogP contribution in [-0.4, -0.2) is 41.3 Å². The quantitative estimate of drug-likeness (QED) is 0.789. The number of aromatic amines is 1. The monoisotopic (exact) mass is 314 g/mol. The second kappa shape index (κ2) is 5.59. The number of H-pyrrole nitrogens is 1. The van der Waals surface area contributed by atoms with Crippen molar-refractivity contribution in [3.05, 3.63) is 41.8 Å². The zero-order valence-electron chi connectivity index (χ0n) is 11.9. The summed E-state index contributed by atoms with van der Waals surface area (Å²) in [4.78, 5) is 14.4. The molecule has 112 valence electrons. The third-order valence-electron chi connectivity index (χ3n) is 3.92. The van der Waals surface area contributed by atoms with Crippen LogP contribution in [0.25, 0.3) is 22.2 Å². The summed E-state index contributed by atoms with van der Waals surface area (Å²) in [7, 11) is 0. The Morgan fingerprint density at radius 2 is 1.86 bits per heavy atom. The first-order chi connectivity index (χ1) is 10.8. The predicted octanol–water partition coefficient (Wildman–Crippen LogP) is 3.11. The topological polar surface area (TPSA) is 54.0 Å². The second-order valence-electron chi connectivity index (χ2n) is 5.23. The lowest BCUT2D eigenvalue weighted by Gasteiger charge is -2.28. The predicted molar refractivity (Wildman–Crippen MR) is 87.4 cm³/mol. The van der Waals surface area contributed by atoms with Crippen molar-refractivity contribution in [1.29, 1.82) is 0 Å². The second-order valence-corrected chi connectivity index (χ2v) is 5.67. The van der Waals surface area contributed by atoms with Crippen LogP contribution in [0.5, 0.6) is 0 Å². The van der Waals surface area contributed by atoms with Crippen LogP contribution in [0, 0.1) is 0 Å². The number of hydrogen-bond acceptors (Lipinski definition) is 4. The summed E-state index contributed by atoms with van der Waals surface area (Å²) in [5.41, 5.74) is 3.04. The number of rotatable bonds is 2. The fourth-order valence-corrected chi connectivity index (χ4v) is 2.94. The molecule has 1 aromatic carbocycles. The minimum absolute atomic E-state index is 0.728. The van der Waals surface area contributed by atoms with Crippen LogP contribution in [0.2, 0.25) is 5.02 Å². The molecule has 1 fully saturated rings. The van der Waals surface area contributed by atoms with Gasteiger partial charge in [0.05, 0.1) is 18.6 Å². The average Bonchev–Trinajstić information content (AvgIpc) is 3.00. The molecule has 3 heterocycles. The molecule has 22 heavy (non-hydrogen) atoms. The summed E-state index contributed by atoms with van der Waals surface area (Å²) >= 11 is 5.99. The van der Waals surface area contributed by atoms with E-state index in [0.29, 0.717) is 0 Å². The zero-order valence-corrected chi connectivity index (χ0v) is 12.7. The Hall–Kier alpha value is -2.11. The van der Waals surface area contributed by atoms with Crippen molar-refractivity contribution >= 4 is 28.5 Å². The van der Waals surface area contributed by atoms with Gasteiger partial charge in [0.2, 0.25) is 0 Å². The maximum atomic E-state index is 5.99. The van der Waals surface area contributed by atoms with Crippen molar-refractivity contribution in [3.63, 3.8) is 0 Å². The first kappa shape index (κ1) is 13.5. The van der Waals surface area contributed by atoms with Crippen LogP contribution in [0.15, 0.2) is 36.8 Å². The molecule has 1 saturated heterocycles. The van der Waals surface area contributed by atoms with E-state index >= 15 is 0 Å². The number of halogens is 1. The Morgan fingerprint density at radius 3 is 2.64 bits per heavy atom. The molecule has 0 amide bonds. The molecule has 1 aliphatic rings. The molecule has 0 atom stereocenters. The van der Waals surface area contributed by atoms with Gasteiger partial charge in [0, 0.05) is 29.9 Å². The van der Waals surface area contributed by atoms with E-state index in [0.717, 1.165) is 59.3 Å². The van der Waals surface area contributed by atoms with E-state index in [-0.39, 0.29) is 0 Å². The minimum atomic E-state index is 0.728. The van der Waals surface area contributed by atoms with Gasteiger partial charge in [-0.3, -0.25) is 0 Å². The standard InChI is InChI=1S/C16H15ClN4O/c17-12-3-1-11(2-4-12)13-9-18-15-14(13)16(20-10-19-15)21-5-7-22-8-6-21/h1-4,9-10H,5-8H2,(H,18,19,20). The summed E-state index contributed by atoms with van der Waals surface area (Å²) in [6.07, 6.45) is 3.59. The molecule has 1 N–H and O–H groups in total. The molecule has 0 radical (unpaired) electrons. The fraction of sp³-hybridized carbons (Fsp3) is 0.250. The highest BCUT2D eigenvalue weighted by molar-refractivity contribution is 6.30. The molecule has 6 heteroatoms. The van der Waals surface area contributed by atoms with Gasteiger partial charge in [-0.1, -0.05) is 23.7 Å². The third-order valence-corrected chi connectivity index (χ3v) is 4.17. The fourth-order valence-electron chi connectivity index (χ4n) is 2.82. The summed E-state index contributed by atoms with van der Waals surface area (Å²) < 4.78 is 5.44. The number of ether oxygens (including phenoxy) is 1. The number of aromatic nitrogens is 3. The number of anilines is 1. The van der Waals surface area contributed by atoms with Crippen molar-refractivity contribution in [2.45, 2.75) is 0 Å². The molecule has 0 saturated carbocycles. The molecule has 2 aromatic heterocycles. The van der Waals surface area contributed by atoms with E-state index in [2.05, 4.69) is 19.9 Å². The van der Waals surface area contributed by atoms with Crippen LogP contribution in [-0.2, 0) is 4.74 Å². The molecular weight excluding hydrogens is 300 g/mol. The Morgan fingerprint density at radius 1 is 1.09 bits per heavy atom. The van der Waals surface area contributed by atoms with E-state index in [1.54, 1.807) is 6.33 Å². The van der Waals surface area contributed by atoms with Crippen LogP contribution < -0.4 is 4.90 Å². The Kier molecular flexibility index (Phi) is 3.44. The summed E-state index contributed by atoms with van der Waals surface area (Å²) in [5.74, 6) is 0.958. The van der Waals surface area contributed by atoms with Gasteiger partial charge in [0.25, 0.3) is 0 Å². The Labute approximate surface area is 132 Å². The number of nitrogens with zero attached hydrogens (tertiary/aromatic N) is 3. The SMILES string of the molecule is Clc1ccc(-c2c[nH]c3ncnc(N4CCOCC4)c23)cc1. The molecule has 0 spiro atoms. The molecular formula is C16H15ClN4O. The van der Waals surface area contributed by atoms with Crippen molar-refractivity contribution in [1.82, 2.24) is 15.0 Å². The van der Waals surface area contributed by atoms with E-state index in [4.69, 9.17) is 16.3 Å². The zero-order chi connectivity index (χ0) is 14.9. The van der Waals surface area contributed by atoms with E-state index in [1.165, 1.54) is 0 Å². The Bertz CT molecular complexity index is 794. The third kappa shape index (κ3) is 2.32. The molecule has 5 nitrogen and oxygen atoms in total. The van der Waals surface area contributed by atoms with E-state index < -0.39 is 0 Å². The molecule has 0 unspecified atom stereocenters.